The zero-order chi connectivity index (χ0) is 16.9. The Hall–Kier alpha value is -2.40. The standard InChI is InChI=1S/C19H25N3O2/c1-13(19-4-2-3-11-22-19)23-14-5-7-15(8-6-14)24-16-9-10-17(20)18(21)12-16/h5-10,12-13,19,22H,2-4,11,20-21H2,1H3. The van der Waals surface area contributed by atoms with Gasteiger partial charge in [0.05, 0.1) is 11.4 Å². The summed E-state index contributed by atoms with van der Waals surface area (Å²) in [5.74, 6) is 2.24. The van der Waals surface area contributed by atoms with Crippen molar-refractivity contribution in [3.05, 3.63) is 42.5 Å². The van der Waals surface area contributed by atoms with E-state index in [1.165, 1.54) is 19.3 Å². The van der Waals surface area contributed by atoms with E-state index in [2.05, 4.69) is 12.2 Å². The number of nitrogens with one attached hydrogen (secondary N) is 1. The van der Waals surface area contributed by atoms with E-state index in [0.717, 1.165) is 18.0 Å². The normalized spacial score (nSPS) is 18.8. The second-order valence-electron chi connectivity index (χ2n) is 6.24. The number of anilines is 2. The molecular formula is C19H25N3O2. The van der Waals surface area contributed by atoms with Crippen LogP contribution in [-0.4, -0.2) is 18.7 Å². The molecular weight excluding hydrogens is 302 g/mol. The van der Waals surface area contributed by atoms with E-state index < -0.39 is 0 Å². The first-order valence-electron chi connectivity index (χ1n) is 8.45. The lowest BCUT2D eigenvalue weighted by molar-refractivity contribution is 0.152. The lowest BCUT2D eigenvalue weighted by Crippen LogP contribution is -2.44. The molecule has 1 saturated heterocycles. The molecule has 3 rings (SSSR count). The van der Waals surface area contributed by atoms with Crippen LogP contribution < -0.4 is 26.3 Å². The zero-order valence-electron chi connectivity index (χ0n) is 14.0. The summed E-state index contributed by atoms with van der Waals surface area (Å²) >= 11 is 0. The van der Waals surface area contributed by atoms with Gasteiger partial charge in [-0.3, -0.25) is 0 Å². The number of rotatable bonds is 5. The van der Waals surface area contributed by atoms with Crippen molar-refractivity contribution in [2.75, 3.05) is 18.0 Å². The number of nitrogens with two attached hydrogens (primary N) is 2. The lowest BCUT2D eigenvalue weighted by Gasteiger charge is -2.29. The van der Waals surface area contributed by atoms with Gasteiger partial charge in [-0.05, 0) is 62.7 Å². The van der Waals surface area contributed by atoms with Gasteiger partial charge < -0.3 is 26.3 Å². The molecule has 0 aliphatic carbocycles. The van der Waals surface area contributed by atoms with Crippen molar-refractivity contribution >= 4 is 11.4 Å². The molecule has 0 bridgehead atoms. The van der Waals surface area contributed by atoms with Crippen LogP contribution >= 0.6 is 0 Å². The maximum absolute atomic E-state index is 6.04. The molecule has 2 atom stereocenters. The molecule has 0 radical (unpaired) electrons. The monoisotopic (exact) mass is 327 g/mol. The molecule has 0 saturated carbocycles. The van der Waals surface area contributed by atoms with E-state index in [0.29, 0.717) is 23.2 Å². The third-order valence-corrected chi connectivity index (χ3v) is 4.35. The summed E-state index contributed by atoms with van der Waals surface area (Å²) in [5.41, 5.74) is 12.6. The van der Waals surface area contributed by atoms with Gasteiger partial charge in [-0.15, -0.1) is 0 Å². The van der Waals surface area contributed by atoms with Gasteiger partial charge in [0.15, 0.2) is 0 Å². The highest BCUT2D eigenvalue weighted by atomic mass is 16.5. The summed E-state index contributed by atoms with van der Waals surface area (Å²) in [7, 11) is 0. The minimum atomic E-state index is 0.147. The van der Waals surface area contributed by atoms with Crippen LogP contribution in [-0.2, 0) is 0 Å². The molecule has 1 fully saturated rings. The van der Waals surface area contributed by atoms with Crippen LogP contribution in [0.3, 0.4) is 0 Å². The third-order valence-electron chi connectivity index (χ3n) is 4.35. The number of nitrogen functional groups attached to an aromatic ring is 2. The van der Waals surface area contributed by atoms with Gasteiger partial charge in [0.25, 0.3) is 0 Å². The summed E-state index contributed by atoms with van der Waals surface area (Å²) in [6, 6.07) is 13.3. The topological polar surface area (TPSA) is 82.5 Å². The van der Waals surface area contributed by atoms with Gasteiger partial charge in [-0.1, -0.05) is 6.42 Å². The van der Waals surface area contributed by atoms with Crippen molar-refractivity contribution in [3.8, 4) is 17.2 Å². The molecule has 128 valence electrons. The Morgan fingerprint density at radius 1 is 0.958 bits per heavy atom. The Labute approximate surface area is 142 Å². The molecule has 0 aromatic heterocycles. The number of benzene rings is 2. The lowest BCUT2D eigenvalue weighted by atomic mass is 10.0. The maximum atomic E-state index is 6.04. The van der Waals surface area contributed by atoms with Crippen molar-refractivity contribution in [2.45, 2.75) is 38.3 Å². The quantitative estimate of drug-likeness (QED) is 0.732. The van der Waals surface area contributed by atoms with E-state index in [9.17, 15) is 0 Å². The number of hydrogen-bond acceptors (Lipinski definition) is 5. The maximum Gasteiger partial charge on any atom is 0.129 e. The minimum Gasteiger partial charge on any atom is -0.489 e. The smallest absolute Gasteiger partial charge is 0.129 e. The molecule has 5 N–H and O–H groups in total. The first-order chi connectivity index (χ1) is 11.6. The molecule has 0 amide bonds. The van der Waals surface area contributed by atoms with Crippen LogP contribution in [0.2, 0.25) is 0 Å². The predicted molar refractivity (Wildman–Crippen MR) is 97.5 cm³/mol. The molecule has 1 heterocycles. The van der Waals surface area contributed by atoms with Crippen LogP contribution in [0.4, 0.5) is 11.4 Å². The van der Waals surface area contributed by atoms with Gasteiger partial charge in [-0.2, -0.15) is 0 Å². The highest BCUT2D eigenvalue weighted by molar-refractivity contribution is 5.65. The van der Waals surface area contributed by atoms with Gasteiger partial charge in [0.2, 0.25) is 0 Å². The number of piperidine rings is 1. The fourth-order valence-electron chi connectivity index (χ4n) is 2.91. The second kappa shape index (κ2) is 7.45. The van der Waals surface area contributed by atoms with Crippen molar-refractivity contribution < 1.29 is 9.47 Å². The molecule has 2 unspecified atom stereocenters. The predicted octanol–water partition coefficient (Wildman–Crippen LogP) is 3.55. The fourth-order valence-corrected chi connectivity index (χ4v) is 2.91. The van der Waals surface area contributed by atoms with Gasteiger partial charge in [-0.25, -0.2) is 0 Å². The number of hydrogen-bond donors (Lipinski definition) is 3. The van der Waals surface area contributed by atoms with Crippen molar-refractivity contribution in [1.82, 2.24) is 5.32 Å². The van der Waals surface area contributed by atoms with Gasteiger partial charge in [0.1, 0.15) is 23.4 Å². The third kappa shape index (κ3) is 4.11. The molecule has 0 spiro atoms. The zero-order valence-corrected chi connectivity index (χ0v) is 14.0. The van der Waals surface area contributed by atoms with E-state index >= 15 is 0 Å². The molecule has 5 heteroatoms. The molecule has 5 nitrogen and oxygen atoms in total. The summed E-state index contributed by atoms with van der Waals surface area (Å²) in [5, 5.41) is 3.52. The van der Waals surface area contributed by atoms with Crippen molar-refractivity contribution in [2.24, 2.45) is 0 Å². The molecule has 1 aliphatic rings. The van der Waals surface area contributed by atoms with Gasteiger partial charge in [0, 0.05) is 12.1 Å². The van der Waals surface area contributed by atoms with Crippen LogP contribution in [0.5, 0.6) is 17.2 Å². The van der Waals surface area contributed by atoms with E-state index in [1.807, 2.05) is 24.3 Å². The second-order valence-corrected chi connectivity index (χ2v) is 6.24. The SMILES string of the molecule is CC(Oc1ccc(Oc2ccc(N)c(N)c2)cc1)C1CCCCN1. The van der Waals surface area contributed by atoms with Crippen LogP contribution in [0, 0.1) is 0 Å². The largest absolute Gasteiger partial charge is 0.489 e. The Morgan fingerprint density at radius 2 is 1.67 bits per heavy atom. The number of ether oxygens (including phenoxy) is 2. The average Bonchev–Trinajstić information content (AvgIpc) is 2.61. The Balaban J connectivity index is 1.59. The van der Waals surface area contributed by atoms with Crippen molar-refractivity contribution in [1.29, 1.82) is 0 Å². The highest BCUT2D eigenvalue weighted by Crippen LogP contribution is 2.28. The molecule has 24 heavy (non-hydrogen) atoms. The van der Waals surface area contributed by atoms with Crippen molar-refractivity contribution in [3.63, 3.8) is 0 Å². The summed E-state index contributed by atoms with van der Waals surface area (Å²) in [4.78, 5) is 0. The van der Waals surface area contributed by atoms with Crippen LogP contribution in [0.25, 0.3) is 0 Å². The average molecular weight is 327 g/mol. The van der Waals surface area contributed by atoms with E-state index in [4.69, 9.17) is 20.9 Å². The summed E-state index contributed by atoms with van der Waals surface area (Å²) in [6.45, 7) is 3.19. The Kier molecular flexibility index (Phi) is 5.11. The van der Waals surface area contributed by atoms with Gasteiger partial charge >= 0.3 is 0 Å². The Morgan fingerprint density at radius 3 is 2.33 bits per heavy atom. The van der Waals surface area contributed by atoms with Crippen LogP contribution in [0.1, 0.15) is 26.2 Å². The Bertz CT molecular complexity index is 667. The first kappa shape index (κ1) is 16.5. The fraction of sp³-hybridized carbons (Fsp3) is 0.368. The summed E-state index contributed by atoms with van der Waals surface area (Å²) in [6.07, 6.45) is 3.84. The molecule has 2 aromatic rings. The molecule has 2 aromatic carbocycles. The first-order valence-corrected chi connectivity index (χ1v) is 8.45. The minimum absolute atomic E-state index is 0.147. The molecule has 1 aliphatic heterocycles. The summed E-state index contributed by atoms with van der Waals surface area (Å²) < 4.78 is 11.8. The van der Waals surface area contributed by atoms with E-state index in [1.54, 1.807) is 18.2 Å². The van der Waals surface area contributed by atoms with Crippen LogP contribution in [0.15, 0.2) is 42.5 Å². The highest BCUT2D eigenvalue weighted by Gasteiger charge is 2.20. The van der Waals surface area contributed by atoms with E-state index in [-0.39, 0.29) is 6.10 Å².